The molecular formula is C32H31FN6O2. The molecule has 208 valence electrons. The van der Waals surface area contributed by atoms with Crippen LogP contribution in [0.15, 0.2) is 71.5 Å². The lowest BCUT2D eigenvalue weighted by Gasteiger charge is -2.50. The van der Waals surface area contributed by atoms with E-state index in [1.54, 1.807) is 61.2 Å². The van der Waals surface area contributed by atoms with Crippen molar-refractivity contribution >= 4 is 22.5 Å². The van der Waals surface area contributed by atoms with Crippen LogP contribution in [-0.2, 0) is 11.8 Å². The summed E-state index contributed by atoms with van der Waals surface area (Å²) in [5.74, 6) is -0.0319. The number of halogens is 1. The monoisotopic (exact) mass is 550 g/mol. The highest BCUT2D eigenvalue weighted by molar-refractivity contribution is 5.89. The van der Waals surface area contributed by atoms with Crippen molar-refractivity contribution in [3.8, 4) is 6.07 Å². The summed E-state index contributed by atoms with van der Waals surface area (Å²) in [7, 11) is 3.38. The number of pyridine rings is 2. The predicted molar refractivity (Wildman–Crippen MR) is 156 cm³/mol. The van der Waals surface area contributed by atoms with Gasteiger partial charge in [0.2, 0.25) is 5.52 Å². The van der Waals surface area contributed by atoms with E-state index in [0.717, 1.165) is 17.5 Å². The Morgan fingerprint density at radius 1 is 1.10 bits per heavy atom. The van der Waals surface area contributed by atoms with E-state index in [1.165, 1.54) is 12.1 Å². The van der Waals surface area contributed by atoms with E-state index in [2.05, 4.69) is 32.6 Å². The number of anilines is 1. The molecule has 0 amide bonds. The number of methoxy groups -OCH3 is 1. The average Bonchev–Trinajstić information content (AvgIpc) is 3.00. The van der Waals surface area contributed by atoms with Crippen molar-refractivity contribution < 1.29 is 9.13 Å². The van der Waals surface area contributed by atoms with Crippen molar-refractivity contribution in [1.29, 1.82) is 5.26 Å². The lowest BCUT2D eigenvalue weighted by molar-refractivity contribution is 0.0495. The quantitative estimate of drug-likeness (QED) is 0.295. The zero-order valence-electron chi connectivity index (χ0n) is 23.3. The van der Waals surface area contributed by atoms with Gasteiger partial charge in [0.05, 0.1) is 41.5 Å². The number of nitriles is 1. The van der Waals surface area contributed by atoms with Gasteiger partial charge in [0.1, 0.15) is 5.82 Å². The summed E-state index contributed by atoms with van der Waals surface area (Å²) < 4.78 is 21.2. The van der Waals surface area contributed by atoms with Gasteiger partial charge in [-0.25, -0.2) is 4.39 Å². The molecule has 3 atom stereocenters. The number of nitrogens with zero attached hydrogens (tertiary/aromatic N) is 6. The molecule has 0 saturated carbocycles. The Hall–Kier alpha value is -4.57. The van der Waals surface area contributed by atoms with Gasteiger partial charge in [0.15, 0.2) is 0 Å². The Kier molecular flexibility index (Phi) is 8.11. The van der Waals surface area contributed by atoms with Gasteiger partial charge in [0.25, 0.3) is 11.4 Å². The van der Waals surface area contributed by atoms with Crippen LogP contribution in [0.5, 0.6) is 0 Å². The minimum Gasteiger partial charge on any atom is -0.383 e. The summed E-state index contributed by atoms with van der Waals surface area (Å²) in [6.45, 7) is 11.2. The highest BCUT2D eigenvalue weighted by Gasteiger charge is 2.39. The van der Waals surface area contributed by atoms with Crippen molar-refractivity contribution in [2.24, 2.45) is 7.05 Å². The van der Waals surface area contributed by atoms with Crippen LogP contribution in [0.25, 0.3) is 15.9 Å². The molecule has 1 aliphatic rings. The Balaban J connectivity index is 1.62. The Labute approximate surface area is 238 Å². The number of aryl methyl sites for hydroxylation is 1. The smallest absolute Gasteiger partial charge is 0.270 e. The van der Waals surface area contributed by atoms with E-state index in [9.17, 15) is 14.4 Å². The summed E-state index contributed by atoms with van der Waals surface area (Å²) in [6, 6.07) is 21.0. The maximum atomic E-state index is 14.0. The number of fused-ring (bicyclic) bond motifs is 1. The highest BCUT2D eigenvalue weighted by atomic mass is 19.1. The largest absolute Gasteiger partial charge is 0.383 e. The minimum atomic E-state index is -0.305. The summed E-state index contributed by atoms with van der Waals surface area (Å²) in [5.41, 5.74) is 4.34. The SMILES string of the molecule is [C-]#[N+]c1ccc2c(n1)c(N1C[C@@H](COC)N(C(c3ccc(F)cc3)c3ccc(C#N)cc3)C[C@@H]1CC)cc(=O)n2C. The van der Waals surface area contributed by atoms with Crippen LogP contribution in [0.4, 0.5) is 15.9 Å². The van der Waals surface area contributed by atoms with Crippen LogP contribution >= 0.6 is 0 Å². The predicted octanol–water partition coefficient (Wildman–Crippen LogP) is 5.20. The third-order valence-electron chi connectivity index (χ3n) is 7.92. The van der Waals surface area contributed by atoms with E-state index in [0.29, 0.717) is 42.0 Å². The lowest BCUT2D eigenvalue weighted by Crippen LogP contribution is -2.60. The second-order valence-electron chi connectivity index (χ2n) is 10.3. The third kappa shape index (κ3) is 5.43. The molecule has 0 spiro atoms. The molecule has 1 saturated heterocycles. The van der Waals surface area contributed by atoms with Crippen molar-refractivity contribution in [3.05, 3.63) is 111 Å². The van der Waals surface area contributed by atoms with E-state index < -0.39 is 0 Å². The van der Waals surface area contributed by atoms with Crippen molar-refractivity contribution in [2.75, 3.05) is 31.7 Å². The maximum absolute atomic E-state index is 14.0. The molecule has 0 aliphatic carbocycles. The molecule has 5 rings (SSSR count). The maximum Gasteiger partial charge on any atom is 0.270 e. The highest BCUT2D eigenvalue weighted by Crippen LogP contribution is 2.37. The fourth-order valence-electron chi connectivity index (χ4n) is 5.82. The molecule has 8 nitrogen and oxygen atoms in total. The van der Waals surface area contributed by atoms with Gasteiger partial charge in [-0.15, -0.1) is 4.98 Å². The molecule has 3 heterocycles. The van der Waals surface area contributed by atoms with Gasteiger partial charge in [-0.3, -0.25) is 9.69 Å². The van der Waals surface area contributed by atoms with Gasteiger partial charge in [-0.2, -0.15) is 5.26 Å². The van der Waals surface area contributed by atoms with Crippen LogP contribution in [0.1, 0.15) is 36.1 Å². The van der Waals surface area contributed by atoms with Crippen LogP contribution < -0.4 is 10.5 Å². The van der Waals surface area contributed by atoms with Gasteiger partial charge in [-0.1, -0.05) is 37.8 Å². The van der Waals surface area contributed by atoms with E-state index in [4.69, 9.17) is 11.3 Å². The van der Waals surface area contributed by atoms with E-state index in [-0.39, 0.29) is 35.3 Å². The number of piperazine rings is 1. The molecule has 1 unspecified atom stereocenters. The number of rotatable bonds is 7. The van der Waals surface area contributed by atoms with Gasteiger partial charge in [-0.05, 0) is 53.9 Å². The molecule has 0 bridgehead atoms. The third-order valence-corrected chi connectivity index (χ3v) is 7.92. The number of hydrogen-bond acceptors (Lipinski definition) is 6. The molecule has 2 aromatic carbocycles. The number of ether oxygens (including phenoxy) is 1. The fourth-order valence-corrected chi connectivity index (χ4v) is 5.82. The molecule has 1 aliphatic heterocycles. The van der Waals surface area contributed by atoms with Gasteiger partial charge < -0.3 is 19.0 Å². The van der Waals surface area contributed by atoms with Crippen LogP contribution in [0.2, 0.25) is 0 Å². The van der Waals surface area contributed by atoms with Crippen LogP contribution in [0.3, 0.4) is 0 Å². The van der Waals surface area contributed by atoms with Crippen molar-refractivity contribution in [2.45, 2.75) is 31.5 Å². The first-order valence-corrected chi connectivity index (χ1v) is 13.5. The number of hydrogen-bond donors (Lipinski definition) is 0. The summed E-state index contributed by atoms with van der Waals surface area (Å²) >= 11 is 0. The van der Waals surface area contributed by atoms with E-state index >= 15 is 0 Å². The first-order valence-electron chi connectivity index (χ1n) is 13.5. The summed E-state index contributed by atoms with van der Waals surface area (Å²) in [5, 5.41) is 9.36. The van der Waals surface area contributed by atoms with Gasteiger partial charge in [0, 0.05) is 39.4 Å². The molecular weight excluding hydrogens is 519 g/mol. The first-order chi connectivity index (χ1) is 19.9. The molecule has 1 fully saturated rings. The zero-order valence-corrected chi connectivity index (χ0v) is 23.3. The standard InChI is InChI=1S/C32H31FN6O2/c1-5-25-18-39(32(23-10-12-24(33)13-11-23)22-8-6-21(17-34)7-9-22)26(20-41-4)19-38(25)28-16-30(40)37(3)27-14-15-29(35-2)36-31(27)28/h6-16,25-26,32H,5,18-20H2,1,3-4H3/t25-,26-,32?/m0/s1. The Bertz CT molecular complexity index is 1690. The minimum absolute atomic E-state index is 0.0122. The van der Waals surface area contributed by atoms with Gasteiger partial charge >= 0.3 is 0 Å². The second-order valence-corrected chi connectivity index (χ2v) is 10.3. The lowest BCUT2D eigenvalue weighted by atomic mass is 9.92. The molecule has 4 aromatic rings. The molecule has 2 aromatic heterocycles. The van der Waals surface area contributed by atoms with Crippen LogP contribution in [-0.4, -0.2) is 53.3 Å². The molecule has 0 N–H and O–H groups in total. The van der Waals surface area contributed by atoms with Crippen molar-refractivity contribution in [3.63, 3.8) is 0 Å². The average molecular weight is 551 g/mol. The Morgan fingerprint density at radius 3 is 2.39 bits per heavy atom. The molecule has 41 heavy (non-hydrogen) atoms. The molecule has 9 heteroatoms. The van der Waals surface area contributed by atoms with Crippen LogP contribution in [0, 0.1) is 23.7 Å². The second kappa shape index (κ2) is 11.9. The normalized spacial score (nSPS) is 18.1. The molecule has 0 radical (unpaired) electrons. The fraction of sp³-hybridized carbons (Fsp3) is 0.312. The number of aromatic nitrogens is 2. The Morgan fingerprint density at radius 2 is 1.78 bits per heavy atom. The zero-order chi connectivity index (χ0) is 29.1. The summed E-state index contributed by atoms with van der Waals surface area (Å²) in [4.78, 5) is 25.8. The topological polar surface area (TPSA) is 78.8 Å². The number of benzene rings is 2. The first kappa shape index (κ1) is 28.0. The van der Waals surface area contributed by atoms with Crippen molar-refractivity contribution in [1.82, 2.24) is 14.5 Å². The van der Waals surface area contributed by atoms with E-state index in [1.807, 2.05) is 12.1 Å². The summed E-state index contributed by atoms with van der Waals surface area (Å²) in [6.07, 6.45) is 0.791.